The van der Waals surface area contributed by atoms with E-state index in [4.69, 9.17) is 0 Å². The summed E-state index contributed by atoms with van der Waals surface area (Å²) in [7, 11) is 0. The van der Waals surface area contributed by atoms with E-state index < -0.39 is 0 Å². The van der Waals surface area contributed by atoms with Gasteiger partial charge < -0.3 is 5.11 Å². The van der Waals surface area contributed by atoms with Gasteiger partial charge in [-0.05, 0) is 55.3 Å². The lowest BCUT2D eigenvalue weighted by Crippen LogP contribution is -2.57. The molecule has 0 aromatic carbocycles. The molecule has 0 saturated heterocycles. The average Bonchev–Trinajstić information content (AvgIpc) is 1.97. The van der Waals surface area contributed by atoms with Crippen molar-refractivity contribution in [2.24, 2.45) is 23.2 Å². The lowest BCUT2D eigenvalue weighted by molar-refractivity contribution is -0.179. The first kappa shape index (κ1) is 8.28. The first-order chi connectivity index (χ1) is 6.00. The topological polar surface area (TPSA) is 20.2 Å². The van der Waals surface area contributed by atoms with Crippen molar-refractivity contribution in [1.82, 2.24) is 0 Å². The molecule has 4 bridgehead atoms. The first-order valence-corrected chi connectivity index (χ1v) is 5.72. The van der Waals surface area contributed by atoms with E-state index in [1.54, 1.807) is 0 Å². The molecular formula is C12H20O. The van der Waals surface area contributed by atoms with E-state index in [0.717, 1.165) is 37.0 Å². The quantitative estimate of drug-likeness (QED) is 0.607. The van der Waals surface area contributed by atoms with Crippen LogP contribution < -0.4 is 0 Å². The molecule has 0 aliphatic heterocycles. The highest BCUT2D eigenvalue weighted by Crippen LogP contribution is 2.63. The van der Waals surface area contributed by atoms with E-state index in [1.165, 1.54) is 12.8 Å². The Morgan fingerprint density at radius 3 is 2.00 bits per heavy atom. The molecule has 2 unspecified atom stereocenters. The fraction of sp³-hybridized carbons (Fsp3) is 1.00. The van der Waals surface area contributed by atoms with Crippen LogP contribution in [0.15, 0.2) is 0 Å². The largest absolute Gasteiger partial charge is 0.390 e. The Balaban J connectivity index is 1.99. The van der Waals surface area contributed by atoms with Gasteiger partial charge >= 0.3 is 0 Å². The Bertz CT molecular complexity index is 226. The molecule has 13 heavy (non-hydrogen) atoms. The molecule has 0 aromatic heterocycles. The standard InChI is InChI=1S/C12H20O/c1-11(2)9-3-8-4-10(11)7-12(13,5-8)6-9/h8-10,13H,3-7H2,1-2H3. The molecule has 1 N–H and O–H groups in total. The van der Waals surface area contributed by atoms with Gasteiger partial charge in [0.2, 0.25) is 0 Å². The molecule has 2 atom stereocenters. The second kappa shape index (κ2) is 2.13. The minimum atomic E-state index is -0.244. The number of aliphatic hydroxyl groups is 1. The maximum atomic E-state index is 10.3. The Morgan fingerprint density at radius 2 is 1.54 bits per heavy atom. The molecule has 4 aliphatic carbocycles. The van der Waals surface area contributed by atoms with Gasteiger partial charge in [-0.3, -0.25) is 0 Å². The third kappa shape index (κ3) is 0.971. The summed E-state index contributed by atoms with van der Waals surface area (Å²) < 4.78 is 0. The van der Waals surface area contributed by atoms with Crippen molar-refractivity contribution in [3.8, 4) is 0 Å². The summed E-state index contributed by atoms with van der Waals surface area (Å²) in [6.45, 7) is 4.84. The molecule has 0 radical (unpaired) electrons. The van der Waals surface area contributed by atoms with Crippen molar-refractivity contribution in [2.45, 2.75) is 51.6 Å². The molecule has 74 valence electrons. The van der Waals surface area contributed by atoms with Crippen molar-refractivity contribution in [2.75, 3.05) is 0 Å². The van der Waals surface area contributed by atoms with Gasteiger partial charge in [-0.25, -0.2) is 0 Å². The lowest BCUT2D eigenvalue weighted by atomic mass is 9.45. The van der Waals surface area contributed by atoms with Crippen LogP contribution in [-0.2, 0) is 0 Å². The predicted octanol–water partition coefficient (Wildman–Crippen LogP) is 2.58. The molecule has 4 aliphatic rings. The van der Waals surface area contributed by atoms with Crippen LogP contribution in [0.3, 0.4) is 0 Å². The maximum Gasteiger partial charge on any atom is 0.0656 e. The normalized spacial score (nSPS) is 57.0. The summed E-state index contributed by atoms with van der Waals surface area (Å²) in [6.07, 6.45) is 6.08. The van der Waals surface area contributed by atoms with Crippen LogP contribution in [0.5, 0.6) is 0 Å². The van der Waals surface area contributed by atoms with E-state index in [2.05, 4.69) is 13.8 Å². The van der Waals surface area contributed by atoms with Crippen molar-refractivity contribution in [3.63, 3.8) is 0 Å². The van der Waals surface area contributed by atoms with E-state index >= 15 is 0 Å². The van der Waals surface area contributed by atoms with E-state index in [1.807, 2.05) is 0 Å². The van der Waals surface area contributed by atoms with Crippen molar-refractivity contribution >= 4 is 0 Å². The van der Waals surface area contributed by atoms with Gasteiger partial charge in [-0.1, -0.05) is 13.8 Å². The summed E-state index contributed by atoms with van der Waals surface area (Å²) in [6, 6.07) is 0. The van der Waals surface area contributed by atoms with Crippen LogP contribution in [0.25, 0.3) is 0 Å². The fourth-order valence-electron chi connectivity index (χ4n) is 4.41. The van der Waals surface area contributed by atoms with Crippen LogP contribution in [0.2, 0.25) is 0 Å². The van der Waals surface area contributed by atoms with Crippen molar-refractivity contribution in [1.29, 1.82) is 0 Å². The zero-order valence-electron chi connectivity index (χ0n) is 8.71. The second-order valence-electron chi connectivity index (χ2n) is 6.39. The summed E-state index contributed by atoms with van der Waals surface area (Å²) in [5.41, 5.74) is 0.273. The number of rotatable bonds is 0. The summed E-state index contributed by atoms with van der Waals surface area (Å²) >= 11 is 0. The van der Waals surface area contributed by atoms with Gasteiger partial charge in [0.1, 0.15) is 0 Å². The van der Waals surface area contributed by atoms with Gasteiger partial charge in [0.15, 0.2) is 0 Å². The number of hydrogen-bond acceptors (Lipinski definition) is 1. The lowest BCUT2D eigenvalue weighted by Gasteiger charge is -2.62. The molecule has 0 heterocycles. The molecule has 4 rings (SSSR count). The highest BCUT2D eigenvalue weighted by molar-refractivity contribution is 5.08. The van der Waals surface area contributed by atoms with Crippen LogP contribution in [0, 0.1) is 23.2 Å². The summed E-state index contributed by atoms with van der Waals surface area (Å²) in [5, 5.41) is 10.3. The summed E-state index contributed by atoms with van der Waals surface area (Å²) in [4.78, 5) is 0. The smallest absolute Gasteiger partial charge is 0.0656 e. The highest BCUT2D eigenvalue weighted by Gasteiger charge is 2.57. The van der Waals surface area contributed by atoms with Gasteiger partial charge in [-0.2, -0.15) is 0 Å². The third-order valence-corrected chi connectivity index (χ3v) is 5.26. The van der Waals surface area contributed by atoms with Crippen molar-refractivity contribution in [3.05, 3.63) is 0 Å². The van der Waals surface area contributed by atoms with Crippen LogP contribution >= 0.6 is 0 Å². The zero-order chi connectivity index (χ0) is 9.27. The average molecular weight is 180 g/mol. The van der Waals surface area contributed by atoms with E-state index in [0.29, 0.717) is 5.41 Å². The molecule has 4 saturated carbocycles. The highest BCUT2D eigenvalue weighted by atomic mass is 16.3. The molecule has 1 nitrogen and oxygen atoms in total. The fourth-order valence-corrected chi connectivity index (χ4v) is 4.41. The van der Waals surface area contributed by atoms with Crippen molar-refractivity contribution < 1.29 is 5.11 Å². The van der Waals surface area contributed by atoms with E-state index in [-0.39, 0.29) is 5.60 Å². The Hall–Kier alpha value is -0.0400. The molecule has 1 heteroatoms. The van der Waals surface area contributed by atoms with Crippen LogP contribution in [0.1, 0.15) is 46.0 Å². The SMILES string of the molecule is CC1(C)C2CC3CC1CC(O)(C3)C2. The molecule has 4 fully saturated rings. The summed E-state index contributed by atoms with van der Waals surface area (Å²) in [5.74, 6) is 2.48. The zero-order valence-corrected chi connectivity index (χ0v) is 8.71. The third-order valence-electron chi connectivity index (χ3n) is 5.26. The van der Waals surface area contributed by atoms with Crippen LogP contribution in [0.4, 0.5) is 0 Å². The molecular weight excluding hydrogens is 160 g/mol. The number of hydrogen-bond donors (Lipinski definition) is 1. The predicted molar refractivity (Wildman–Crippen MR) is 52.3 cm³/mol. The van der Waals surface area contributed by atoms with E-state index in [9.17, 15) is 5.11 Å². The molecule has 0 aromatic rings. The Morgan fingerprint density at radius 1 is 1.00 bits per heavy atom. The monoisotopic (exact) mass is 180 g/mol. The molecule has 0 spiro atoms. The Kier molecular flexibility index (Phi) is 1.36. The van der Waals surface area contributed by atoms with Gasteiger partial charge in [-0.15, -0.1) is 0 Å². The van der Waals surface area contributed by atoms with Crippen LogP contribution in [-0.4, -0.2) is 10.7 Å². The maximum absolute atomic E-state index is 10.3. The first-order valence-electron chi connectivity index (χ1n) is 5.72. The van der Waals surface area contributed by atoms with Gasteiger partial charge in [0, 0.05) is 0 Å². The second-order valence-corrected chi connectivity index (χ2v) is 6.39. The molecule has 0 amide bonds. The van der Waals surface area contributed by atoms with Gasteiger partial charge in [0.05, 0.1) is 5.60 Å². The van der Waals surface area contributed by atoms with Gasteiger partial charge in [0.25, 0.3) is 0 Å². The minimum absolute atomic E-state index is 0.244. The minimum Gasteiger partial charge on any atom is -0.390 e. The Labute approximate surface area is 80.5 Å².